The van der Waals surface area contributed by atoms with Crippen molar-refractivity contribution in [2.24, 2.45) is 0 Å². The van der Waals surface area contributed by atoms with Crippen LogP contribution < -0.4 is 30.6 Å². The summed E-state index contributed by atoms with van der Waals surface area (Å²) < 4.78 is 41.6. The van der Waals surface area contributed by atoms with Gasteiger partial charge >= 0.3 is 0 Å². The number of nitrogens with one attached hydrogen (secondary N) is 3. The summed E-state index contributed by atoms with van der Waals surface area (Å²) in [5.41, 5.74) is 7.90. The van der Waals surface area contributed by atoms with E-state index in [1.807, 2.05) is 51.1 Å². The van der Waals surface area contributed by atoms with Gasteiger partial charge in [-0.05, 0) is 92.6 Å². The van der Waals surface area contributed by atoms with E-state index in [4.69, 9.17) is 15.2 Å². The molecule has 1 saturated carbocycles. The summed E-state index contributed by atoms with van der Waals surface area (Å²) in [5.74, 6) is 1.18. The van der Waals surface area contributed by atoms with Crippen molar-refractivity contribution in [3.8, 4) is 11.5 Å². The number of nitrogen functional groups attached to an aromatic ring is 1. The zero-order chi connectivity index (χ0) is 32.7. The molecule has 5 rings (SSSR count). The third-order valence-corrected chi connectivity index (χ3v) is 9.60. The number of benzene rings is 3. The fourth-order valence-electron chi connectivity index (χ4n) is 5.78. The molecule has 4 aromatic rings. The van der Waals surface area contributed by atoms with E-state index in [1.165, 1.54) is 0 Å². The number of fused-ring (bicyclic) bond motifs is 1. The molecule has 46 heavy (non-hydrogen) atoms. The molecule has 1 unspecified atom stereocenters. The third-order valence-electron chi connectivity index (χ3n) is 7.97. The van der Waals surface area contributed by atoms with Gasteiger partial charge in [0, 0.05) is 29.9 Å². The number of amides is 1. The molecule has 1 aliphatic rings. The summed E-state index contributed by atoms with van der Waals surface area (Å²) in [7, 11) is -3.77. The largest absolute Gasteiger partial charge is 0.490 e. The summed E-state index contributed by atoms with van der Waals surface area (Å²) in [6.45, 7) is 6.20. The van der Waals surface area contributed by atoms with Crippen molar-refractivity contribution in [2.75, 3.05) is 17.7 Å². The summed E-state index contributed by atoms with van der Waals surface area (Å²) in [4.78, 5) is 18.3. The van der Waals surface area contributed by atoms with E-state index in [0.29, 0.717) is 40.7 Å². The first-order valence-corrected chi connectivity index (χ1v) is 17.3. The first-order valence-electron chi connectivity index (χ1n) is 15.9. The van der Waals surface area contributed by atoms with E-state index in [0.717, 1.165) is 42.9 Å². The fraction of sp³-hybridized carbons (Fsp3) is 0.371. The highest BCUT2D eigenvalue weighted by molar-refractivity contribution is 7.89. The van der Waals surface area contributed by atoms with Crippen LogP contribution in [0.25, 0.3) is 10.8 Å². The molecule has 244 valence electrons. The molecular weight excluding hydrogens is 602 g/mol. The lowest BCUT2D eigenvalue weighted by Gasteiger charge is -2.24. The highest BCUT2D eigenvalue weighted by atomic mass is 32.2. The normalized spacial score (nSPS) is 14.6. The van der Waals surface area contributed by atoms with E-state index < -0.39 is 16.1 Å². The Labute approximate surface area is 271 Å². The topological polar surface area (TPSA) is 145 Å². The van der Waals surface area contributed by atoms with Crippen LogP contribution >= 0.6 is 0 Å². The third kappa shape index (κ3) is 8.07. The molecule has 1 aromatic heterocycles. The van der Waals surface area contributed by atoms with Crippen LogP contribution in [0.3, 0.4) is 0 Å². The molecule has 0 radical (unpaired) electrons. The lowest BCUT2D eigenvalue weighted by molar-refractivity contribution is -0.122. The molecule has 1 aliphatic carbocycles. The standard InChI is InChI=1S/C35H43N5O5S/c1-4-44-31-21-25(14-17-30(31)45-23(2)3)33(39-28-15-16-29-24(20-28)18-19-37-34(29)36)35(41)38-22-26-10-8-9-13-32(26)46(42,43)40-27-11-6-5-7-12-27/h8-10,13-21,23,27,33,39-40H,4-7,11-12,22H2,1-3H3,(H2,36,37)(H,38,41). The van der Waals surface area contributed by atoms with Crippen LogP contribution in [0.4, 0.5) is 11.5 Å². The maximum absolute atomic E-state index is 14.0. The second-order valence-corrected chi connectivity index (χ2v) is 13.5. The average Bonchev–Trinajstić information content (AvgIpc) is 3.04. The maximum atomic E-state index is 14.0. The Morgan fingerprint density at radius 3 is 2.54 bits per heavy atom. The highest BCUT2D eigenvalue weighted by Gasteiger charge is 2.26. The maximum Gasteiger partial charge on any atom is 0.247 e. The van der Waals surface area contributed by atoms with Gasteiger partial charge in [0.2, 0.25) is 15.9 Å². The van der Waals surface area contributed by atoms with Gasteiger partial charge in [0.1, 0.15) is 11.9 Å². The van der Waals surface area contributed by atoms with Gasteiger partial charge < -0.3 is 25.8 Å². The lowest BCUT2D eigenvalue weighted by atomic mass is 9.96. The number of pyridine rings is 1. The van der Waals surface area contributed by atoms with Crippen LogP contribution in [-0.4, -0.2) is 38.1 Å². The van der Waals surface area contributed by atoms with Gasteiger partial charge in [0.05, 0.1) is 17.6 Å². The van der Waals surface area contributed by atoms with Crippen molar-refractivity contribution < 1.29 is 22.7 Å². The molecule has 0 aliphatic heterocycles. The van der Waals surface area contributed by atoms with Gasteiger partial charge in [-0.25, -0.2) is 18.1 Å². The summed E-state index contributed by atoms with van der Waals surface area (Å²) in [5, 5.41) is 8.03. The van der Waals surface area contributed by atoms with Gasteiger partial charge in [-0.3, -0.25) is 4.79 Å². The molecule has 0 bridgehead atoms. The van der Waals surface area contributed by atoms with Gasteiger partial charge in [-0.1, -0.05) is 43.5 Å². The predicted octanol–water partition coefficient (Wildman–Crippen LogP) is 6.08. The van der Waals surface area contributed by atoms with Gasteiger partial charge in [0.15, 0.2) is 11.5 Å². The van der Waals surface area contributed by atoms with E-state index in [9.17, 15) is 13.2 Å². The molecule has 0 spiro atoms. The van der Waals surface area contributed by atoms with Crippen LogP contribution in [0.1, 0.15) is 70.0 Å². The van der Waals surface area contributed by atoms with E-state index in [2.05, 4.69) is 20.3 Å². The number of hydrogen-bond acceptors (Lipinski definition) is 8. The van der Waals surface area contributed by atoms with E-state index in [1.54, 1.807) is 42.6 Å². The highest BCUT2D eigenvalue weighted by Crippen LogP contribution is 2.34. The Kier molecular flexibility index (Phi) is 10.6. The smallest absolute Gasteiger partial charge is 0.247 e. The van der Waals surface area contributed by atoms with Crippen molar-refractivity contribution >= 4 is 38.2 Å². The monoisotopic (exact) mass is 645 g/mol. The second-order valence-electron chi connectivity index (χ2n) is 11.8. The quantitative estimate of drug-likeness (QED) is 0.137. The minimum Gasteiger partial charge on any atom is -0.490 e. The molecule has 0 saturated heterocycles. The Balaban J connectivity index is 1.43. The molecule has 1 amide bonds. The number of nitrogens with zero attached hydrogens (tertiary/aromatic N) is 1. The Morgan fingerprint density at radius 1 is 1.00 bits per heavy atom. The van der Waals surface area contributed by atoms with Gasteiger partial charge in [-0.2, -0.15) is 0 Å². The number of aromatic nitrogens is 1. The van der Waals surface area contributed by atoms with Crippen LogP contribution in [0.5, 0.6) is 11.5 Å². The first-order chi connectivity index (χ1) is 22.1. The second kappa shape index (κ2) is 14.8. The predicted molar refractivity (Wildman–Crippen MR) is 181 cm³/mol. The number of carbonyl (C=O) groups is 1. The molecular formula is C35H43N5O5S. The molecule has 1 heterocycles. The van der Waals surface area contributed by atoms with E-state index in [-0.39, 0.29) is 29.5 Å². The Hall–Kier alpha value is -4.35. The number of anilines is 2. The SMILES string of the molecule is CCOc1cc(C(Nc2ccc3c(N)nccc3c2)C(=O)NCc2ccccc2S(=O)(=O)NC2CCCCC2)ccc1OC(C)C. The van der Waals surface area contributed by atoms with Gasteiger partial charge in [0.25, 0.3) is 0 Å². The summed E-state index contributed by atoms with van der Waals surface area (Å²) in [6, 6.07) is 18.7. The minimum absolute atomic E-state index is 0.0194. The summed E-state index contributed by atoms with van der Waals surface area (Å²) in [6.07, 6.45) is 6.38. The number of ether oxygens (including phenoxy) is 2. The van der Waals surface area contributed by atoms with Crippen molar-refractivity contribution in [3.63, 3.8) is 0 Å². The number of carbonyl (C=O) groups excluding carboxylic acids is 1. The van der Waals surface area contributed by atoms with Crippen molar-refractivity contribution in [3.05, 3.63) is 84.1 Å². The van der Waals surface area contributed by atoms with Gasteiger partial charge in [-0.15, -0.1) is 0 Å². The number of hydrogen-bond donors (Lipinski definition) is 4. The fourth-order valence-corrected chi connectivity index (χ4v) is 7.33. The van der Waals surface area contributed by atoms with E-state index >= 15 is 0 Å². The lowest BCUT2D eigenvalue weighted by Crippen LogP contribution is -2.37. The molecule has 3 aromatic carbocycles. The molecule has 10 nitrogen and oxygen atoms in total. The van der Waals surface area contributed by atoms with Crippen molar-refractivity contribution in [1.29, 1.82) is 0 Å². The van der Waals surface area contributed by atoms with Crippen LogP contribution in [-0.2, 0) is 21.4 Å². The molecule has 5 N–H and O–H groups in total. The summed E-state index contributed by atoms with van der Waals surface area (Å²) >= 11 is 0. The zero-order valence-electron chi connectivity index (χ0n) is 26.6. The van der Waals surface area contributed by atoms with Crippen LogP contribution in [0, 0.1) is 0 Å². The van der Waals surface area contributed by atoms with Crippen LogP contribution in [0.15, 0.2) is 77.8 Å². The number of rotatable bonds is 13. The molecule has 11 heteroatoms. The average molecular weight is 646 g/mol. The minimum atomic E-state index is -3.77. The Bertz CT molecular complexity index is 1770. The van der Waals surface area contributed by atoms with Crippen molar-refractivity contribution in [2.45, 2.75) is 82.5 Å². The number of nitrogens with two attached hydrogens (primary N) is 1. The van der Waals surface area contributed by atoms with Crippen molar-refractivity contribution in [1.82, 2.24) is 15.0 Å². The van der Waals surface area contributed by atoms with Crippen LogP contribution in [0.2, 0.25) is 0 Å². The molecule has 1 atom stereocenters. The number of sulfonamides is 1. The molecule has 1 fully saturated rings. The zero-order valence-corrected chi connectivity index (χ0v) is 27.4. The Morgan fingerprint density at radius 2 is 1.78 bits per heavy atom. The first kappa shape index (κ1) is 33.0.